The van der Waals surface area contributed by atoms with Crippen molar-refractivity contribution < 1.29 is 19.1 Å². The Morgan fingerprint density at radius 1 is 0.871 bits per heavy atom. The number of piperazine rings is 1. The predicted octanol–water partition coefficient (Wildman–Crippen LogP) is 0.743. The van der Waals surface area contributed by atoms with Gasteiger partial charge in [-0.1, -0.05) is 30.3 Å². The second-order valence-electron chi connectivity index (χ2n) is 8.45. The Balaban J connectivity index is 1.39. The standard InChI is InChI=1S/C23H32N4O4/c28-20-8-4-5-9-27(20)22(19-6-2-1-3-7-19)23(30)26-12-10-25(11-13-26)21(29)18-24-14-16-31-17-15-24/h1-3,6-7,22H,4-5,8-18H2. The molecular formula is C23H32N4O4. The van der Waals surface area contributed by atoms with Crippen molar-refractivity contribution in [2.24, 2.45) is 0 Å². The first-order valence-electron chi connectivity index (χ1n) is 11.3. The molecule has 1 aromatic rings. The van der Waals surface area contributed by atoms with Gasteiger partial charge >= 0.3 is 0 Å². The van der Waals surface area contributed by atoms with Crippen LogP contribution in [0.5, 0.6) is 0 Å². The number of benzene rings is 1. The molecule has 3 saturated heterocycles. The van der Waals surface area contributed by atoms with Gasteiger partial charge in [-0.3, -0.25) is 19.3 Å². The lowest BCUT2D eigenvalue weighted by molar-refractivity contribution is -0.150. The van der Waals surface area contributed by atoms with Crippen molar-refractivity contribution in [3.63, 3.8) is 0 Å². The van der Waals surface area contributed by atoms with Crippen LogP contribution in [0.3, 0.4) is 0 Å². The lowest BCUT2D eigenvalue weighted by Crippen LogP contribution is -2.55. The normalized spacial score (nSPS) is 21.8. The zero-order valence-corrected chi connectivity index (χ0v) is 18.1. The summed E-state index contributed by atoms with van der Waals surface area (Å²) in [6.07, 6.45) is 2.31. The van der Waals surface area contributed by atoms with Crippen LogP contribution in [0.4, 0.5) is 0 Å². The SMILES string of the molecule is O=C(CN1CCOCC1)N1CCN(C(=O)C(c2ccccc2)N2CCCCC2=O)CC1. The maximum atomic E-state index is 13.5. The highest BCUT2D eigenvalue weighted by atomic mass is 16.5. The van der Waals surface area contributed by atoms with E-state index >= 15 is 0 Å². The van der Waals surface area contributed by atoms with Gasteiger partial charge in [0.2, 0.25) is 17.7 Å². The number of rotatable bonds is 5. The number of hydrogen-bond acceptors (Lipinski definition) is 5. The molecule has 168 valence electrons. The summed E-state index contributed by atoms with van der Waals surface area (Å²) in [6, 6.07) is 9.00. The molecule has 8 nitrogen and oxygen atoms in total. The number of ether oxygens (including phenoxy) is 1. The van der Waals surface area contributed by atoms with E-state index in [0.717, 1.165) is 31.5 Å². The Morgan fingerprint density at radius 3 is 2.23 bits per heavy atom. The van der Waals surface area contributed by atoms with Gasteiger partial charge in [-0.2, -0.15) is 0 Å². The minimum atomic E-state index is -0.579. The van der Waals surface area contributed by atoms with E-state index in [-0.39, 0.29) is 17.7 Å². The molecule has 31 heavy (non-hydrogen) atoms. The number of amides is 3. The molecule has 0 aromatic heterocycles. The van der Waals surface area contributed by atoms with Crippen LogP contribution in [-0.4, -0.2) is 103 Å². The Kier molecular flexibility index (Phi) is 7.19. The van der Waals surface area contributed by atoms with E-state index in [0.29, 0.717) is 58.9 Å². The first-order chi connectivity index (χ1) is 15.1. The summed E-state index contributed by atoms with van der Waals surface area (Å²) in [4.78, 5) is 46.4. The fraction of sp³-hybridized carbons (Fsp3) is 0.609. The van der Waals surface area contributed by atoms with Crippen molar-refractivity contribution >= 4 is 17.7 Å². The van der Waals surface area contributed by atoms with E-state index in [1.807, 2.05) is 40.1 Å². The number of nitrogens with zero attached hydrogens (tertiary/aromatic N) is 4. The van der Waals surface area contributed by atoms with Crippen molar-refractivity contribution in [2.45, 2.75) is 25.3 Å². The highest BCUT2D eigenvalue weighted by molar-refractivity contribution is 5.89. The lowest BCUT2D eigenvalue weighted by Gasteiger charge is -2.40. The number of likely N-dealkylation sites (tertiary alicyclic amines) is 1. The maximum Gasteiger partial charge on any atom is 0.250 e. The van der Waals surface area contributed by atoms with Crippen LogP contribution in [0.25, 0.3) is 0 Å². The molecule has 3 amide bonds. The van der Waals surface area contributed by atoms with Crippen LogP contribution < -0.4 is 0 Å². The van der Waals surface area contributed by atoms with Gasteiger partial charge in [0.15, 0.2) is 0 Å². The Bertz CT molecular complexity index is 773. The van der Waals surface area contributed by atoms with E-state index in [4.69, 9.17) is 4.74 Å². The number of hydrogen-bond donors (Lipinski definition) is 0. The van der Waals surface area contributed by atoms with Crippen LogP contribution in [-0.2, 0) is 19.1 Å². The smallest absolute Gasteiger partial charge is 0.250 e. The number of carbonyl (C=O) groups excluding carboxylic acids is 3. The Morgan fingerprint density at radius 2 is 1.55 bits per heavy atom. The van der Waals surface area contributed by atoms with Crippen molar-refractivity contribution in [1.82, 2.24) is 19.6 Å². The molecule has 0 spiro atoms. The van der Waals surface area contributed by atoms with E-state index in [1.165, 1.54) is 0 Å². The van der Waals surface area contributed by atoms with Crippen molar-refractivity contribution in [1.29, 1.82) is 0 Å². The highest BCUT2D eigenvalue weighted by Gasteiger charge is 2.36. The Hall–Kier alpha value is -2.45. The van der Waals surface area contributed by atoms with Gasteiger partial charge in [0, 0.05) is 52.2 Å². The minimum absolute atomic E-state index is 0.0401. The number of carbonyl (C=O) groups is 3. The van der Waals surface area contributed by atoms with Gasteiger partial charge < -0.3 is 19.4 Å². The van der Waals surface area contributed by atoms with Crippen LogP contribution in [0.1, 0.15) is 30.9 Å². The van der Waals surface area contributed by atoms with E-state index < -0.39 is 6.04 Å². The third kappa shape index (κ3) is 5.25. The van der Waals surface area contributed by atoms with Gasteiger partial charge in [-0.05, 0) is 18.4 Å². The zero-order chi connectivity index (χ0) is 21.6. The summed E-state index contributed by atoms with van der Waals surface area (Å²) in [7, 11) is 0. The molecule has 8 heteroatoms. The molecule has 0 bridgehead atoms. The molecule has 3 heterocycles. The second-order valence-corrected chi connectivity index (χ2v) is 8.45. The summed E-state index contributed by atoms with van der Waals surface area (Å²) < 4.78 is 5.34. The fourth-order valence-corrected chi connectivity index (χ4v) is 4.59. The average molecular weight is 429 g/mol. The maximum absolute atomic E-state index is 13.5. The molecule has 0 saturated carbocycles. The molecule has 3 aliphatic heterocycles. The van der Waals surface area contributed by atoms with Crippen LogP contribution in [0, 0.1) is 0 Å². The molecule has 1 unspecified atom stereocenters. The summed E-state index contributed by atoms with van der Waals surface area (Å²) in [5, 5.41) is 0. The van der Waals surface area contributed by atoms with E-state index in [2.05, 4.69) is 4.90 Å². The Labute approximate surface area is 183 Å². The minimum Gasteiger partial charge on any atom is -0.379 e. The molecule has 1 atom stereocenters. The molecule has 0 aliphatic carbocycles. The van der Waals surface area contributed by atoms with Crippen LogP contribution >= 0.6 is 0 Å². The average Bonchev–Trinajstić information content (AvgIpc) is 2.82. The van der Waals surface area contributed by atoms with Gasteiger partial charge in [0.1, 0.15) is 6.04 Å². The monoisotopic (exact) mass is 428 g/mol. The van der Waals surface area contributed by atoms with Gasteiger partial charge in [-0.25, -0.2) is 0 Å². The molecule has 3 fully saturated rings. The molecular weight excluding hydrogens is 396 g/mol. The van der Waals surface area contributed by atoms with Gasteiger partial charge in [0.05, 0.1) is 19.8 Å². The van der Waals surface area contributed by atoms with Crippen molar-refractivity contribution in [3.8, 4) is 0 Å². The molecule has 0 N–H and O–H groups in total. The van der Waals surface area contributed by atoms with Gasteiger partial charge in [0.25, 0.3) is 0 Å². The number of morpholine rings is 1. The molecule has 4 rings (SSSR count). The molecule has 0 radical (unpaired) electrons. The van der Waals surface area contributed by atoms with Crippen LogP contribution in [0.2, 0.25) is 0 Å². The first-order valence-corrected chi connectivity index (χ1v) is 11.3. The number of piperidine rings is 1. The zero-order valence-electron chi connectivity index (χ0n) is 18.1. The fourth-order valence-electron chi connectivity index (χ4n) is 4.59. The van der Waals surface area contributed by atoms with Crippen molar-refractivity contribution in [2.75, 3.05) is 65.6 Å². The van der Waals surface area contributed by atoms with Crippen LogP contribution in [0.15, 0.2) is 30.3 Å². The largest absolute Gasteiger partial charge is 0.379 e. The quantitative estimate of drug-likeness (QED) is 0.692. The predicted molar refractivity (Wildman–Crippen MR) is 115 cm³/mol. The summed E-state index contributed by atoms with van der Waals surface area (Å²) in [5.41, 5.74) is 0.855. The summed E-state index contributed by atoms with van der Waals surface area (Å²) >= 11 is 0. The highest BCUT2D eigenvalue weighted by Crippen LogP contribution is 2.28. The third-order valence-corrected chi connectivity index (χ3v) is 6.43. The topological polar surface area (TPSA) is 73.4 Å². The summed E-state index contributed by atoms with van der Waals surface area (Å²) in [5.74, 6) is 0.120. The summed E-state index contributed by atoms with van der Waals surface area (Å²) in [6.45, 7) is 6.00. The van der Waals surface area contributed by atoms with Gasteiger partial charge in [-0.15, -0.1) is 0 Å². The lowest BCUT2D eigenvalue weighted by atomic mass is 9.99. The second kappa shape index (κ2) is 10.2. The third-order valence-electron chi connectivity index (χ3n) is 6.43. The van der Waals surface area contributed by atoms with E-state index in [9.17, 15) is 14.4 Å². The van der Waals surface area contributed by atoms with Crippen molar-refractivity contribution in [3.05, 3.63) is 35.9 Å². The molecule has 1 aromatic carbocycles. The van der Waals surface area contributed by atoms with E-state index in [1.54, 1.807) is 4.90 Å². The first kappa shape index (κ1) is 21.8. The molecule has 3 aliphatic rings.